The summed E-state index contributed by atoms with van der Waals surface area (Å²) in [5.74, 6) is 0.0122. The average Bonchev–Trinajstić information content (AvgIpc) is 2.58. The summed E-state index contributed by atoms with van der Waals surface area (Å²) in [6.45, 7) is 7.00. The molecule has 0 aromatic heterocycles. The number of Topliss-reactive ketones (excluding diaryl/α,β-unsaturated/α-hetero) is 1. The first-order chi connectivity index (χ1) is 11.1. The van der Waals surface area contributed by atoms with Gasteiger partial charge >= 0.3 is 0 Å². The van der Waals surface area contributed by atoms with E-state index in [1.54, 1.807) is 0 Å². The summed E-state index contributed by atoms with van der Waals surface area (Å²) in [7, 11) is 0. The van der Waals surface area contributed by atoms with Crippen molar-refractivity contribution in [2.24, 2.45) is 0 Å². The third-order valence-corrected chi connectivity index (χ3v) is 4.63. The second-order valence-corrected chi connectivity index (χ2v) is 6.49. The summed E-state index contributed by atoms with van der Waals surface area (Å²) in [6, 6.07) is 7.90. The SMILES string of the molecule is Cc1ccccc1C(=O)CCC(=O)NCC(C)N1CCCCC1. The van der Waals surface area contributed by atoms with E-state index in [2.05, 4.69) is 17.1 Å². The Morgan fingerprint density at radius 2 is 1.83 bits per heavy atom. The van der Waals surface area contributed by atoms with Gasteiger partial charge in [-0.05, 0) is 45.3 Å². The van der Waals surface area contributed by atoms with E-state index in [1.807, 2.05) is 31.2 Å². The van der Waals surface area contributed by atoms with Gasteiger partial charge in [-0.2, -0.15) is 0 Å². The molecular weight excluding hydrogens is 288 g/mol. The highest BCUT2D eigenvalue weighted by atomic mass is 16.2. The molecule has 1 atom stereocenters. The molecule has 2 rings (SSSR count). The number of nitrogens with one attached hydrogen (secondary N) is 1. The Kier molecular flexibility index (Phi) is 6.78. The third kappa shape index (κ3) is 5.47. The molecular formula is C19H28N2O2. The van der Waals surface area contributed by atoms with Crippen LogP contribution in [0.5, 0.6) is 0 Å². The predicted octanol–water partition coefficient (Wildman–Crippen LogP) is 2.95. The fourth-order valence-corrected chi connectivity index (χ4v) is 3.09. The van der Waals surface area contributed by atoms with Gasteiger partial charge in [0.05, 0.1) is 0 Å². The second kappa shape index (κ2) is 8.82. The van der Waals surface area contributed by atoms with Crippen LogP contribution >= 0.6 is 0 Å². The van der Waals surface area contributed by atoms with Gasteiger partial charge in [-0.25, -0.2) is 0 Å². The molecule has 0 saturated carbocycles. The van der Waals surface area contributed by atoms with Crippen LogP contribution in [0.4, 0.5) is 0 Å². The van der Waals surface area contributed by atoms with Crippen LogP contribution in [0.3, 0.4) is 0 Å². The van der Waals surface area contributed by atoms with Gasteiger partial charge in [0.25, 0.3) is 0 Å². The fourth-order valence-electron chi connectivity index (χ4n) is 3.09. The lowest BCUT2D eigenvalue weighted by molar-refractivity contribution is -0.121. The Labute approximate surface area is 139 Å². The van der Waals surface area contributed by atoms with Gasteiger partial charge in [0.1, 0.15) is 0 Å². The molecule has 4 heteroatoms. The zero-order valence-electron chi connectivity index (χ0n) is 14.3. The molecule has 1 fully saturated rings. The zero-order valence-corrected chi connectivity index (χ0v) is 14.3. The van der Waals surface area contributed by atoms with Crippen molar-refractivity contribution < 1.29 is 9.59 Å². The van der Waals surface area contributed by atoms with Gasteiger partial charge in [0, 0.05) is 31.0 Å². The summed E-state index contributed by atoms with van der Waals surface area (Å²) >= 11 is 0. The number of hydrogen-bond donors (Lipinski definition) is 1. The first-order valence-electron chi connectivity index (χ1n) is 8.67. The van der Waals surface area contributed by atoms with Crippen molar-refractivity contribution in [3.8, 4) is 0 Å². The summed E-state index contributed by atoms with van der Waals surface area (Å²) < 4.78 is 0. The smallest absolute Gasteiger partial charge is 0.220 e. The van der Waals surface area contributed by atoms with Crippen molar-refractivity contribution in [1.29, 1.82) is 0 Å². The van der Waals surface area contributed by atoms with Crippen LogP contribution in [-0.2, 0) is 4.79 Å². The van der Waals surface area contributed by atoms with E-state index in [1.165, 1.54) is 19.3 Å². The first kappa shape index (κ1) is 17.7. The van der Waals surface area contributed by atoms with E-state index in [9.17, 15) is 9.59 Å². The average molecular weight is 316 g/mol. The first-order valence-corrected chi connectivity index (χ1v) is 8.67. The molecule has 4 nitrogen and oxygen atoms in total. The molecule has 1 aliphatic heterocycles. The highest BCUT2D eigenvalue weighted by Gasteiger charge is 2.17. The highest BCUT2D eigenvalue weighted by molar-refractivity contribution is 5.99. The molecule has 126 valence electrons. The standard InChI is InChI=1S/C19H28N2O2/c1-15-8-4-5-9-17(15)18(22)10-11-19(23)20-14-16(2)21-12-6-3-7-13-21/h4-5,8-9,16H,3,6-7,10-14H2,1-2H3,(H,20,23). The topological polar surface area (TPSA) is 49.4 Å². The quantitative estimate of drug-likeness (QED) is 0.787. The number of piperidine rings is 1. The minimum atomic E-state index is -0.0317. The summed E-state index contributed by atoms with van der Waals surface area (Å²) in [5, 5.41) is 2.97. The molecule has 1 N–H and O–H groups in total. The number of amides is 1. The van der Waals surface area contributed by atoms with E-state index in [-0.39, 0.29) is 24.5 Å². The summed E-state index contributed by atoms with van der Waals surface area (Å²) in [5.41, 5.74) is 1.69. The van der Waals surface area contributed by atoms with Crippen LogP contribution in [0.15, 0.2) is 24.3 Å². The minimum absolute atomic E-state index is 0.0317. The molecule has 0 bridgehead atoms. The van der Waals surface area contributed by atoms with Gasteiger partial charge in [0.15, 0.2) is 5.78 Å². The summed E-state index contributed by atoms with van der Waals surface area (Å²) in [6.07, 6.45) is 4.36. The lowest BCUT2D eigenvalue weighted by Crippen LogP contribution is -2.44. The fraction of sp³-hybridized carbons (Fsp3) is 0.579. The Morgan fingerprint density at radius 3 is 2.52 bits per heavy atom. The molecule has 1 aromatic carbocycles. The predicted molar refractivity (Wildman–Crippen MR) is 92.6 cm³/mol. The van der Waals surface area contributed by atoms with Crippen molar-refractivity contribution in [2.75, 3.05) is 19.6 Å². The number of nitrogens with zero attached hydrogens (tertiary/aromatic N) is 1. The number of likely N-dealkylation sites (tertiary alicyclic amines) is 1. The Hall–Kier alpha value is -1.68. The van der Waals surface area contributed by atoms with Crippen LogP contribution < -0.4 is 5.32 Å². The maximum atomic E-state index is 12.2. The number of carbonyl (C=O) groups is 2. The molecule has 1 aromatic rings. The lowest BCUT2D eigenvalue weighted by atomic mass is 10.0. The molecule has 23 heavy (non-hydrogen) atoms. The second-order valence-electron chi connectivity index (χ2n) is 6.49. The number of carbonyl (C=O) groups excluding carboxylic acids is 2. The van der Waals surface area contributed by atoms with E-state index in [0.717, 1.165) is 24.2 Å². The number of rotatable bonds is 7. The molecule has 1 heterocycles. The highest BCUT2D eigenvalue weighted by Crippen LogP contribution is 2.12. The van der Waals surface area contributed by atoms with E-state index < -0.39 is 0 Å². The lowest BCUT2D eigenvalue weighted by Gasteiger charge is -2.32. The van der Waals surface area contributed by atoms with E-state index in [0.29, 0.717) is 12.6 Å². The molecule has 0 spiro atoms. The monoisotopic (exact) mass is 316 g/mol. The number of hydrogen-bond acceptors (Lipinski definition) is 3. The van der Waals surface area contributed by atoms with Gasteiger partial charge < -0.3 is 5.32 Å². The van der Waals surface area contributed by atoms with Gasteiger partial charge in [-0.1, -0.05) is 30.7 Å². The maximum Gasteiger partial charge on any atom is 0.220 e. The van der Waals surface area contributed by atoms with Crippen molar-refractivity contribution in [3.05, 3.63) is 35.4 Å². The normalized spacial score (nSPS) is 16.8. The van der Waals surface area contributed by atoms with E-state index in [4.69, 9.17) is 0 Å². The van der Waals surface area contributed by atoms with Crippen LogP contribution in [0.25, 0.3) is 0 Å². The number of benzene rings is 1. The van der Waals surface area contributed by atoms with E-state index >= 15 is 0 Å². The molecule has 0 aliphatic carbocycles. The van der Waals surface area contributed by atoms with Gasteiger partial charge in [-0.3, -0.25) is 14.5 Å². The van der Waals surface area contributed by atoms with Crippen LogP contribution in [-0.4, -0.2) is 42.3 Å². The molecule has 1 amide bonds. The molecule has 0 radical (unpaired) electrons. The minimum Gasteiger partial charge on any atom is -0.355 e. The largest absolute Gasteiger partial charge is 0.355 e. The van der Waals surface area contributed by atoms with Crippen LogP contribution in [0, 0.1) is 6.92 Å². The van der Waals surface area contributed by atoms with Crippen molar-refractivity contribution in [3.63, 3.8) is 0 Å². The zero-order chi connectivity index (χ0) is 16.7. The van der Waals surface area contributed by atoms with Crippen molar-refractivity contribution in [1.82, 2.24) is 10.2 Å². The molecule has 1 saturated heterocycles. The van der Waals surface area contributed by atoms with Gasteiger partial charge in [-0.15, -0.1) is 0 Å². The Balaban J connectivity index is 1.70. The number of aryl methyl sites for hydroxylation is 1. The van der Waals surface area contributed by atoms with Crippen molar-refractivity contribution in [2.45, 2.75) is 52.0 Å². The third-order valence-electron chi connectivity index (χ3n) is 4.63. The van der Waals surface area contributed by atoms with Crippen LogP contribution in [0.2, 0.25) is 0 Å². The number of ketones is 1. The Morgan fingerprint density at radius 1 is 1.13 bits per heavy atom. The van der Waals surface area contributed by atoms with Crippen molar-refractivity contribution >= 4 is 11.7 Å². The van der Waals surface area contributed by atoms with Crippen LogP contribution in [0.1, 0.15) is 54.9 Å². The van der Waals surface area contributed by atoms with Gasteiger partial charge in [0.2, 0.25) is 5.91 Å². The molecule has 1 aliphatic rings. The Bertz CT molecular complexity index is 536. The molecule has 1 unspecified atom stereocenters. The summed E-state index contributed by atoms with van der Waals surface area (Å²) in [4.78, 5) is 26.6. The maximum absolute atomic E-state index is 12.2.